The lowest BCUT2D eigenvalue weighted by Gasteiger charge is -2.45. The zero-order valence-electron chi connectivity index (χ0n) is 37.7. The number of amides is 5. The first-order valence-electron chi connectivity index (χ1n) is 22.3. The van der Waals surface area contributed by atoms with E-state index in [1.165, 1.54) is 6.21 Å². The molecule has 0 aromatic heterocycles. The number of imide groups is 1. The van der Waals surface area contributed by atoms with Gasteiger partial charge in [0.1, 0.15) is 6.04 Å². The van der Waals surface area contributed by atoms with Crippen LogP contribution < -0.4 is 26.6 Å². The lowest BCUT2D eigenvalue weighted by Crippen LogP contribution is -2.53. The number of carboxylic acid groups (broad SMARTS) is 2. The topological polar surface area (TPSA) is 236 Å². The van der Waals surface area contributed by atoms with Gasteiger partial charge in [-0.2, -0.15) is 0 Å². The molecule has 4 aromatic rings. The number of benzene rings is 4. The Morgan fingerprint density at radius 3 is 2.42 bits per heavy atom. The fourth-order valence-electron chi connectivity index (χ4n) is 9.35. The summed E-state index contributed by atoms with van der Waals surface area (Å²) in [6.45, 7) is 8.34. The van der Waals surface area contributed by atoms with Crippen LogP contribution in [0.25, 0.3) is 10.8 Å². The summed E-state index contributed by atoms with van der Waals surface area (Å²) in [5, 5.41) is 27.2. The number of aliphatic carboxylic acids is 1. The van der Waals surface area contributed by atoms with Gasteiger partial charge in [-0.1, -0.05) is 48.3 Å². The summed E-state index contributed by atoms with van der Waals surface area (Å²) in [4.78, 5) is 79.3. The minimum absolute atomic E-state index is 0.0153. The van der Waals surface area contributed by atoms with Gasteiger partial charge in [-0.15, -0.1) is 0 Å². The van der Waals surface area contributed by atoms with Crippen LogP contribution in [0, 0.1) is 0 Å². The van der Waals surface area contributed by atoms with Crippen molar-refractivity contribution in [3.05, 3.63) is 107 Å². The molecule has 0 spiro atoms. The monoisotopic (exact) mass is 932 g/mol. The van der Waals surface area contributed by atoms with Crippen LogP contribution in [0.15, 0.2) is 95.3 Å². The van der Waals surface area contributed by atoms with Crippen LogP contribution in [0.4, 0.5) is 27.5 Å². The number of ether oxygens (including phenoxy) is 1. The van der Waals surface area contributed by atoms with Gasteiger partial charge in [-0.05, 0) is 118 Å². The number of hydrogen-bond acceptors (Lipinski definition) is 12. The Balaban J connectivity index is 0.00000216. The number of nitrogens with one attached hydrogen (secondary N) is 3. The summed E-state index contributed by atoms with van der Waals surface area (Å²) >= 11 is 1.80. The minimum Gasteiger partial charge on any atom is -0.490 e. The van der Waals surface area contributed by atoms with Crippen molar-refractivity contribution in [2.45, 2.75) is 88.6 Å². The number of aliphatic imine (C=N–C) groups is 1. The lowest BCUT2D eigenvalue weighted by atomic mass is 9.85. The van der Waals surface area contributed by atoms with Gasteiger partial charge < -0.3 is 36.2 Å². The molecular weight excluding hydrogens is 877 g/mol. The molecule has 67 heavy (non-hydrogen) atoms. The minimum atomic E-state index is -1.27. The molecule has 17 nitrogen and oxygen atoms in total. The maximum absolute atomic E-state index is 13.6. The molecule has 7 N–H and O–H groups in total. The Morgan fingerprint density at radius 2 is 1.70 bits per heavy atom. The molecule has 4 aliphatic heterocycles. The van der Waals surface area contributed by atoms with Gasteiger partial charge in [0.2, 0.25) is 11.8 Å². The zero-order valence-corrected chi connectivity index (χ0v) is 38.5. The van der Waals surface area contributed by atoms with E-state index in [4.69, 9.17) is 20.4 Å². The standard InChI is InChI=1S/C48H54N8O7S.CH2O2/c1-4-63-40(43(49)46(60)61)27-50-31-9-6-11-33(25-31)51-34-20-23-55(48(2,3)26-34)64-28-29-8-5-10-32(24-29)52-47(62)54-21-18-30(19-22-54)35-14-15-38-42-36(35)12-7-13-37(42)45(59)56(38)39-16-17-41(57)53-44(39)58;2-1-3/h5-15,24-25,27,30,34,39,51H,4,16-23,26,28,49H2,1-3H3,(H,52,62)(H,60,61)(H,53,57,58);1H,(H,2,3)/b43-40+,50-27?;. The highest BCUT2D eigenvalue weighted by Gasteiger charge is 2.41. The molecule has 3 fully saturated rings. The molecule has 4 aromatic carbocycles. The van der Waals surface area contributed by atoms with Crippen molar-refractivity contribution in [1.82, 2.24) is 14.5 Å². The number of carbonyl (C=O) groups is 6. The highest BCUT2D eigenvalue weighted by atomic mass is 32.2. The van der Waals surface area contributed by atoms with Crippen molar-refractivity contribution in [2.75, 3.05) is 41.8 Å². The lowest BCUT2D eigenvalue weighted by molar-refractivity contribution is -0.134. The van der Waals surface area contributed by atoms with Crippen LogP contribution in [-0.4, -0.2) is 106 Å². The number of anilines is 3. The Labute approximate surface area is 392 Å². The van der Waals surface area contributed by atoms with E-state index in [0.717, 1.165) is 71.3 Å². The first-order valence-corrected chi connectivity index (χ1v) is 23.3. The highest BCUT2D eigenvalue weighted by molar-refractivity contribution is 7.96. The van der Waals surface area contributed by atoms with Crippen molar-refractivity contribution in [3.63, 3.8) is 0 Å². The van der Waals surface area contributed by atoms with E-state index in [1.54, 1.807) is 29.8 Å². The largest absolute Gasteiger partial charge is 0.490 e. The molecule has 5 amide bonds. The SMILES string of the molecule is CCO/C(C=Nc1cccc(NC2CCN(SCc3cccc(NC(=O)N4CCC(c5ccc6c7c(cccc57)C(=O)N6C5CCC(=O)NC5=O)CC4)c3)C(C)(C)C2)c1)=C(/N)C(=O)O.O=CO. The highest BCUT2D eigenvalue weighted by Crippen LogP contribution is 2.44. The summed E-state index contributed by atoms with van der Waals surface area (Å²) in [6.07, 6.45) is 5.22. The number of rotatable bonds is 13. The molecule has 352 valence electrons. The summed E-state index contributed by atoms with van der Waals surface area (Å²) in [7, 11) is 0. The van der Waals surface area contributed by atoms with Gasteiger partial charge >= 0.3 is 12.0 Å². The Kier molecular flexibility index (Phi) is 15.2. The Hall–Kier alpha value is -6.92. The molecule has 0 saturated carbocycles. The number of carboxylic acids is 1. The fourth-order valence-corrected chi connectivity index (χ4v) is 10.5. The second kappa shape index (κ2) is 21.1. The van der Waals surface area contributed by atoms with Gasteiger partial charge in [0, 0.05) is 65.7 Å². The first-order chi connectivity index (χ1) is 32.2. The predicted molar refractivity (Wildman–Crippen MR) is 258 cm³/mol. The van der Waals surface area contributed by atoms with E-state index in [-0.39, 0.29) is 60.6 Å². The van der Waals surface area contributed by atoms with Crippen LogP contribution >= 0.6 is 11.9 Å². The van der Waals surface area contributed by atoms with E-state index in [9.17, 15) is 29.1 Å². The van der Waals surface area contributed by atoms with Gasteiger partial charge in [0.25, 0.3) is 12.4 Å². The van der Waals surface area contributed by atoms with Crippen LogP contribution in [-0.2, 0) is 29.7 Å². The number of urea groups is 1. The third-order valence-electron chi connectivity index (χ3n) is 12.5. The van der Waals surface area contributed by atoms with Gasteiger partial charge in [-0.3, -0.25) is 34.4 Å². The molecule has 2 atom stereocenters. The van der Waals surface area contributed by atoms with Crippen LogP contribution in [0.3, 0.4) is 0 Å². The first kappa shape index (κ1) is 48.0. The maximum Gasteiger partial charge on any atom is 0.355 e. The molecule has 4 heterocycles. The maximum atomic E-state index is 13.6. The van der Waals surface area contributed by atoms with Crippen molar-refractivity contribution in [2.24, 2.45) is 10.7 Å². The van der Waals surface area contributed by atoms with E-state index in [2.05, 4.69) is 51.2 Å². The van der Waals surface area contributed by atoms with E-state index in [0.29, 0.717) is 36.4 Å². The smallest absolute Gasteiger partial charge is 0.355 e. The second-order valence-corrected chi connectivity index (χ2v) is 18.4. The number of likely N-dealkylation sites (tertiary alicyclic amines) is 1. The number of allylic oxidation sites excluding steroid dienone is 1. The number of carbonyl (C=O) groups excluding carboxylic acids is 4. The summed E-state index contributed by atoms with van der Waals surface area (Å²) in [6, 6.07) is 24.8. The van der Waals surface area contributed by atoms with Crippen molar-refractivity contribution in [1.29, 1.82) is 0 Å². The number of hydrogen-bond donors (Lipinski definition) is 6. The van der Waals surface area contributed by atoms with Crippen molar-refractivity contribution in [3.8, 4) is 0 Å². The Bertz CT molecular complexity index is 2610. The normalized spacial score (nSPS) is 19.9. The average Bonchev–Trinajstić information content (AvgIpc) is 3.59. The Morgan fingerprint density at radius 1 is 0.970 bits per heavy atom. The predicted octanol–water partition coefficient (Wildman–Crippen LogP) is 7.21. The van der Waals surface area contributed by atoms with Gasteiger partial charge in [0.05, 0.1) is 24.2 Å². The summed E-state index contributed by atoms with van der Waals surface area (Å²) in [5.74, 6) is -1.28. The van der Waals surface area contributed by atoms with Gasteiger partial charge in [0.15, 0.2) is 11.5 Å². The molecule has 8 rings (SSSR count). The fraction of sp³-hybridized carbons (Fsp3) is 0.367. The molecule has 3 saturated heterocycles. The van der Waals surface area contributed by atoms with Crippen LogP contribution in [0.2, 0.25) is 0 Å². The average molecular weight is 933 g/mol. The molecule has 18 heteroatoms. The third-order valence-corrected chi connectivity index (χ3v) is 14.0. The third kappa shape index (κ3) is 11.0. The van der Waals surface area contributed by atoms with E-state index >= 15 is 0 Å². The number of nitrogens with zero attached hydrogens (tertiary/aromatic N) is 4. The molecular formula is C49H56N8O9S. The van der Waals surface area contributed by atoms with E-state index < -0.39 is 23.6 Å². The molecule has 0 bridgehead atoms. The molecule has 4 aliphatic rings. The van der Waals surface area contributed by atoms with Crippen LogP contribution in [0.5, 0.6) is 0 Å². The van der Waals surface area contributed by atoms with Crippen LogP contribution in [0.1, 0.15) is 86.7 Å². The summed E-state index contributed by atoms with van der Waals surface area (Å²) in [5.41, 5.74) is 11.0. The molecule has 0 aliphatic carbocycles. The number of nitrogens with two attached hydrogens (primary N) is 1. The quantitative estimate of drug-likeness (QED) is 0.0194. The van der Waals surface area contributed by atoms with Crippen molar-refractivity contribution >= 4 is 87.9 Å². The zero-order chi connectivity index (χ0) is 47.8. The summed E-state index contributed by atoms with van der Waals surface area (Å²) < 4.78 is 7.83. The van der Waals surface area contributed by atoms with Gasteiger partial charge in [-0.25, -0.2) is 13.9 Å². The van der Waals surface area contributed by atoms with Crippen molar-refractivity contribution < 1.29 is 43.7 Å². The second-order valence-electron chi connectivity index (χ2n) is 17.4. The van der Waals surface area contributed by atoms with E-state index in [1.807, 2.05) is 65.6 Å². The number of piperidine rings is 3. The molecule has 0 radical (unpaired) electrons. The molecule has 2 unspecified atom stereocenters.